The summed E-state index contributed by atoms with van der Waals surface area (Å²) in [5.41, 5.74) is 0. The second-order valence-electron chi connectivity index (χ2n) is 7.26. The number of carbonyl (C=O) groups is 4. The number of aliphatic carboxylic acids is 4. The summed E-state index contributed by atoms with van der Waals surface area (Å²) in [5, 5.41) is 49.5. The third kappa shape index (κ3) is 46.2. The molecule has 0 aliphatic heterocycles. The molecule has 6 N–H and O–H groups in total. The van der Waals surface area contributed by atoms with E-state index in [4.69, 9.17) is 30.6 Å². The highest BCUT2D eigenvalue weighted by Gasteiger charge is 2.00. The van der Waals surface area contributed by atoms with Gasteiger partial charge in [-0.2, -0.15) is 0 Å². The lowest BCUT2D eigenvalue weighted by Crippen LogP contribution is -1.97. The van der Waals surface area contributed by atoms with E-state index in [2.05, 4.69) is 0 Å². The Kier molecular flexibility index (Phi) is 31.0. The van der Waals surface area contributed by atoms with Crippen LogP contribution in [0.25, 0.3) is 0 Å². The largest absolute Gasteiger partial charge is 0.481 e. The van der Waals surface area contributed by atoms with E-state index in [9.17, 15) is 19.2 Å². The van der Waals surface area contributed by atoms with Gasteiger partial charge in [0.25, 0.3) is 0 Å². The smallest absolute Gasteiger partial charge is 0.303 e. The van der Waals surface area contributed by atoms with Crippen molar-refractivity contribution in [2.45, 2.75) is 103 Å². The minimum absolute atomic E-state index is 0.0628. The Hall–Kier alpha value is -2.20. The maximum Gasteiger partial charge on any atom is 0.303 e. The molecule has 0 saturated carbocycles. The van der Waals surface area contributed by atoms with E-state index in [1.54, 1.807) is 0 Å². The van der Waals surface area contributed by atoms with Crippen molar-refractivity contribution in [1.29, 1.82) is 0 Å². The van der Waals surface area contributed by atoms with Crippen LogP contribution in [0.15, 0.2) is 0 Å². The molecule has 0 spiro atoms. The van der Waals surface area contributed by atoms with Crippen LogP contribution in [0, 0.1) is 0 Å². The number of unbranched alkanes of at least 4 members (excludes halogenated alkanes) is 9. The lowest BCUT2D eigenvalue weighted by molar-refractivity contribution is -0.139. The average molecular weight is 467 g/mol. The molecular weight excluding hydrogens is 424 g/mol. The van der Waals surface area contributed by atoms with E-state index in [1.807, 2.05) is 0 Å². The van der Waals surface area contributed by atoms with E-state index in [-0.39, 0.29) is 25.7 Å². The molecule has 0 radical (unpaired) electrons. The first-order valence-electron chi connectivity index (χ1n) is 11.3. The number of aliphatic hydroxyl groups is 2. The minimum atomic E-state index is -0.870. The van der Waals surface area contributed by atoms with Crippen LogP contribution in [0.5, 0.6) is 0 Å². The Balaban J connectivity index is -0.000000397. The first-order chi connectivity index (χ1) is 15.2. The predicted octanol–water partition coefficient (Wildman–Crippen LogP) is 3.52. The minimum Gasteiger partial charge on any atom is -0.481 e. The predicted molar refractivity (Wildman–Crippen MR) is 119 cm³/mol. The molecule has 0 saturated heterocycles. The molecule has 0 aliphatic rings. The van der Waals surface area contributed by atoms with Gasteiger partial charge in [0.15, 0.2) is 0 Å². The van der Waals surface area contributed by atoms with Crippen LogP contribution in [0.4, 0.5) is 0 Å². The fraction of sp³-hybridized carbons (Fsp3) is 0.818. The topological polar surface area (TPSA) is 190 Å². The zero-order valence-electron chi connectivity index (χ0n) is 19.0. The summed E-state index contributed by atoms with van der Waals surface area (Å²) in [4.78, 5) is 39.6. The van der Waals surface area contributed by atoms with Crippen LogP contribution in [0.3, 0.4) is 0 Å². The van der Waals surface area contributed by atoms with Crippen molar-refractivity contribution in [3.8, 4) is 0 Å². The van der Waals surface area contributed by atoms with Crippen molar-refractivity contribution in [3.05, 3.63) is 0 Å². The van der Waals surface area contributed by atoms with Crippen LogP contribution in [-0.4, -0.2) is 67.7 Å². The second-order valence-corrected chi connectivity index (χ2v) is 7.26. The Labute approximate surface area is 190 Å². The van der Waals surface area contributed by atoms with Crippen LogP contribution in [-0.2, 0) is 19.2 Å². The van der Waals surface area contributed by atoms with E-state index in [0.29, 0.717) is 38.9 Å². The lowest BCUT2D eigenvalue weighted by atomic mass is 10.1. The van der Waals surface area contributed by atoms with Gasteiger partial charge >= 0.3 is 23.9 Å². The van der Waals surface area contributed by atoms with Crippen molar-refractivity contribution in [1.82, 2.24) is 0 Å². The molecule has 0 aromatic carbocycles. The highest BCUT2D eigenvalue weighted by molar-refractivity contribution is 5.68. The summed E-state index contributed by atoms with van der Waals surface area (Å²) in [7, 11) is 0. The standard InChI is InChI=1S/C10H22O2.2C6H10O4/c11-9-7-5-3-1-2-4-6-8-10-12;2*7-5(8)3-1-2-4-6(9)10/h11-12H,1-10H2;2*1-4H2,(H,7,8)(H,9,10). The molecule has 190 valence electrons. The zero-order chi connectivity index (χ0) is 25.0. The number of hydrogen-bond donors (Lipinski definition) is 6. The van der Waals surface area contributed by atoms with Crippen LogP contribution >= 0.6 is 0 Å². The fourth-order valence-electron chi connectivity index (χ4n) is 2.39. The van der Waals surface area contributed by atoms with E-state index in [0.717, 1.165) is 25.7 Å². The number of hydrogen-bond acceptors (Lipinski definition) is 6. The van der Waals surface area contributed by atoms with E-state index < -0.39 is 23.9 Å². The third-order valence-electron chi connectivity index (χ3n) is 4.13. The SMILES string of the molecule is O=C(O)CCCCC(=O)O.O=C(O)CCCCC(=O)O.OCCCCCCCCCCO. The molecule has 0 aromatic heterocycles. The molecule has 0 bridgehead atoms. The quantitative estimate of drug-likeness (QED) is 0.154. The summed E-state index contributed by atoms with van der Waals surface area (Å²) in [6.07, 6.45) is 11.3. The van der Waals surface area contributed by atoms with Crippen molar-refractivity contribution < 1.29 is 49.8 Å². The first kappa shape index (κ1) is 34.4. The summed E-state index contributed by atoms with van der Waals surface area (Å²) in [6.45, 7) is 0.676. The van der Waals surface area contributed by atoms with Crippen molar-refractivity contribution in [2.75, 3.05) is 13.2 Å². The van der Waals surface area contributed by atoms with Gasteiger partial charge in [-0.3, -0.25) is 19.2 Å². The third-order valence-corrected chi connectivity index (χ3v) is 4.13. The maximum atomic E-state index is 9.90. The normalized spacial score (nSPS) is 9.69. The Morgan fingerprint density at radius 1 is 0.344 bits per heavy atom. The van der Waals surface area contributed by atoms with Gasteiger partial charge in [0.2, 0.25) is 0 Å². The molecule has 10 heteroatoms. The van der Waals surface area contributed by atoms with Gasteiger partial charge in [0.05, 0.1) is 0 Å². The van der Waals surface area contributed by atoms with E-state index >= 15 is 0 Å². The monoisotopic (exact) mass is 466 g/mol. The highest BCUT2D eigenvalue weighted by atomic mass is 16.4. The molecule has 0 unspecified atom stereocenters. The van der Waals surface area contributed by atoms with Gasteiger partial charge in [-0.15, -0.1) is 0 Å². The van der Waals surface area contributed by atoms with Gasteiger partial charge in [-0.1, -0.05) is 38.5 Å². The molecule has 10 nitrogen and oxygen atoms in total. The number of carboxylic acid groups (broad SMARTS) is 4. The maximum absolute atomic E-state index is 9.90. The van der Waals surface area contributed by atoms with Crippen molar-refractivity contribution in [2.24, 2.45) is 0 Å². The van der Waals surface area contributed by atoms with Crippen molar-refractivity contribution in [3.63, 3.8) is 0 Å². The lowest BCUT2D eigenvalue weighted by Gasteiger charge is -1.99. The van der Waals surface area contributed by atoms with Gasteiger partial charge < -0.3 is 30.6 Å². The van der Waals surface area contributed by atoms with Gasteiger partial charge in [-0.25, -0.2) is 0 Å². The summed E-state index contributed by atoms with van der Waals surface area (Å²) >= 11 is 0. The molecular formula is C22H42O10. The van der Waals surface area contributed by atoms with Crippen LogP contribution in [0.2, 0.25) is 0 Å². The number of aliphatic hydroxyl groups excluding tert-OH is 2. The van der Waals surface area contributed by atoms with Gasteiger partial charge in [0, 0.05) is 38.9 Å². The molecule has 0 rings (SSSR count). The van der Waals surface area contributed by atoms with Crippen LogP contribution in [0.1, 0.15) is 103 Å². The average Bonchev–Trinajstić information content (AvgIpc) is 2.71. The summed E-state index contributed by atoms with van der Waals surface area (Å²) < 4.78 is 0. The summed E-state index contributed by atoms with van der Waals surface area (Å²) in [5.74, 6) is -3.48. The van der Waals surface area contributed by atoms with E-state index in [1.165, 1.54) is 25.7 Å². The Morgan fingerprint density at radius 3 is 0.688 bits per heavy atom. The molecule has 0 atom stereocenters. The Morgan fingerprint density at radius 2 is 0.531 bits per heavy atom. The highest BCUT2D eigenvalue weighted by Crippen LogP contribution is 2.07. The fourth-order valence-corrected chi connectivity index (χ4v) is 2.39. The zero-order valence-corrected chi connectivity index (χ0v) is 19.0. The molecule has 0 aromatic rings. The van der Waals surface area contributed by atoms with Crippen LogP contribution < -0.4 is 0 Å². The molecule has 0 heterocycles. The second kappa shape index (κ2) is 28.8. The number of rotatable bonds is 19. The molecule has 0 fully saturated rings. The van der Waals surface area contributed by atoms with Crippen molar-refractivity contribution >= 4 is 23.9 Å². The Bertz CT molecular complexity index is 392. The van der Waals surface area contributed by atoms with Gasteiger partial charge in [-0.05, 0) is 38.5 Å². The summed E-state index contributed by atoms with van der Waals surface area (Å²) in [6, 6.07) is 0. The van der Waals surface area contributed by atoms with Gasteiger partial charge in [0.1, 0.15) is 0 Å². The first-order valence-corrected chi connectivity index (χ1v) is 11.3. The molecule has 0 amide bonds. The molecule has 32 heavy (non-hydrogen) atoms. The number of carboxylic acids is 4. The molecule has 0 aliphatic carbocycles.